The predicted molar refractivity (Wildman–Crippen MR) is 144 cm³/mol. The number of nitrogens with zero attached hydrogens (tertiary/aromatic N) is 3. The fourth-order valence-electron chi connectivity index (χ4n) is 4.46. The van der Waals surface area contributed by atoms with Crippen LogP contribution in [0, 0.1) is 5.82 Å². The van der Waals surface area contributed by atoms with Gasteiger partial charge in [0.05, 0.1) is 5.69 Å². The number of fused-ring (bicyclic) bond motifs is 1. The van der Waals surface area contributed by atoms with Crippen molar-refractivity contribution in [3.63, 3.8) is 0 Å². The van der Waals surface area contributed by atoms with Crippen LogP contribution in [0.1, 0.15) is 24.5 Å². The first kappa shape index (κ1) is 23.6. The normalized spacial score (nSPS) is 15.4. The minimum atomic E-state index is -0.445. The van der Waals surface area contributed by atoms with Gasteiger partial charge >= 0.3 is 0 Å². The first-order valence-electron chi connectivity index (χ1n) is 11.8. The summed E-state index contributed by atoms with van der Waals surface area (Å²) < 4.78 is 15.4. The molecule has 7 heteroatoms. The van der Waals surface area contributed by atoms with E-state index >= 15 is 0 Å². The lowest BCUT2D eigenvalue weighted by Gasteiger charge is -2.36. The van der Waals surface area contributed by atoms with E-state index in [0.717, 1.165) is 22.0 Å². The van der Waals surface area contributed by atoms with E-state index in [4.69, 9.17) is 12.2 Å². The van der Waals surface area contributed by atoms with Gasteiger partial charge in [-0.25, -0.2) is 4.39 Å². The minimum absolute atomic E-state index is 0.0607. The molecule has 2 heterocycles. The molecule has 0 atom stereocenters. The van der Waals surface area contributed by atoms with Gasteiger partial charge in [-0.2, -0.15) is 0 Å². The molecule has 0 spiro atoms. The smallest absolute Gasteiger partial charge is 0.270 e. The number of hydrogen-bond acceptors (Lipinski definition) is 3. The van der Waals surface area contributed by atoms with Crippen molar-refractivity contribution in [2.75, 3.05) is 11.4 Å². The minimum Gasteiger partial charge on any atom is -0.342 e. The Morgan fingerprint density at radius 3 is 2.31 bits per heavy atom. The van der Waals surface area contributed by atoms with Gasteiger partial charge in [-0.1, -0.05) is 55.5 Å². The third-order valence-electron chi connectivity index (χ3n) is 6.18. The second-order valence-electron chi connectivity index (χ2n) is 8.63. The molecular weight excluding hydrogens is 473 g/mol. The van der Waals surface area contributed by atoms with Crippen molar-refractivity contribution in [3.05, 3.63) is 108 Å². The first-order valence-corrected chi connectivity index (χ1v) is 12.2. The Morgan fingerprint density at radius 2 is 1.58 bits per heavy atom. The molecular formula is C29H24FN3O2S. The van der Waals surface area contributed by atoms with Crippen LogP contribution in [0.2, 0.25) is 0 Å². The highest BCUT2D eigenvalue weighted by Crippen LogP contribution is 2.29. The van der Waals surface area contributed by atoms with E-state index in [9.17, 15) is 14.0 Å². The highest BCUT2D eigenvalue weighted by Gasteiger charge is 2.40. The van der Waals surface area contributed by atoms with E-state index < -0.39 is 11.8 Å². The van der Waals surface area contributed by atoms with Crippen LogP contribution in [0.3, 0.4) is 0 Å². The fourth-order valence-corrected chi connectivity index (χ4v) is 4.83. The van der Waals surface area contributed by atoms with Crippen LogP contribution in [0.25, 0.3) is 17.0 Å². The van der Waals surface area contributed by atoms with Crippen LogP contribution >= 0.6 is 12.2 Å². The van der Waals surface area contributed by atoms with Crippen molar-refractivity contribution in [3.8, 4) is 0 Å². The molecule has 0 saturated carbocycles. The quantitative estimate of drug-likeness (QED) is 0.193. The van der Waals surface area contributed by atoms with Gasteiger partial charge < -0.3 is 4.57 Å². The van der Waals surface area contributed by atoms with Crippen molar-refractivity contribution in [2.45, 2.75) is 19.9 Å². The molecule has 0 aliphatic carbocycles. The van der Waals surface area contributed by atoms with Crippen LogP contribution in [-0.4, -0.2) is 32.9 Å². The van der Waals surface area contributed by atoms with Crippen LogP contribution in [0.4, 0.5) is 10.1 Å². The molecule has 1 saturated heterocycles. The molecule has 5 nitrogen and oxygen atoms in total. The van der Waals surface area contributed by atoms with E-state index in [1.807, 2.05) is 60.2 Å². The summed E-state index contributed by atoms with van der Waals surface area (Å²) in [5.41, 5.74) is 3.32. The molecule has 180 valence electrons. The molecule has 1 aliphatic rings. The zero-order valence-corrected chi connectivity index (χ0v) is 20.5. The number of carbonyl (C=O) groups excluding carboxylic acids is 2. The number of thiocarbonyl (C=S) groups is 1. The summed E-state index contributed by atoms with van der Waals surface area (Å²) in [4.78, 5) is 30.0. The van der Waals surface area contributed by atoms with E-state index in [0.29, 0.717) is 25.2 Å². The van der Waals surface area contributed by atoms with Gasteiger partial charge in [0.15, 0.2) is 5.11 Å². The number of aromatic nitrogens is 1. The second kappa shape index (κ2) is 9.87. The maximum absolute atomic E-state index is 13.6. The molecule has 0 unspecified atom stereocenters. The molecule has 1 aliphatic heterocycles. The predicted octanol–water partition coefficient (Wildman–Crippen LogP) is 5.78. The Hall–Kier alpha value is -4.10. The molecule has 5 rings (SSSR count). The van der Waals surface area contributed by atoms with Gasteiger partial charge in [-0.15, -0.1) is 0 Å². The number of benzene rings is 3. The fraction of sp³-hybridized carbons (Fsp3) is 0.138. The van der Waals surface area contributed by atoms with Crippen molar-refractivity contribution in [1.82, 2.24) is 9.47 Å². The molecule has 0 bridgehead atoms. The van der Waals surface area contributed by atoms with Crippen molar-refractivity contribution in [2.24, 2.45) is 0 Å². The van der Waals surface area contributed by atoms with Gasteiger partial charge in [-0.3, -0.25) is 19.4 Å². The summed E-state index contributed by atoms with van der Waals surface area (Å²) >= 11 is 5.58. The Morgan fingerprint density at radius 1 is 0.889 bits per heavy atom. The highest BCUT2D eigenvalue weighted by molar-refractivity contribution is 7.80. The molecule has 1 fully saturated rings. The van der Waals surface area contributed by atoms with Crippen LogP contribution < -0.4 is 4.90 Å². The maximum Gasteiger partial charge on any atom is 0.270 e. The van der Waals surface area contributed by atoms with Gasteiger partial charge in [0.25, 0.3) is 11.8 Å². The third kappa shape index (κ3) is 4.33. The van der Waals surface area contributed by atoms with Gasteiger partial charge in [-0.05, 0) is 60.6 Å². The number of rotatable bonds is 6. The number of amides is 2. The summed E-state index contributed by atoms with van der Waals surface area (Å²) in [5, 5.41) is 1.10. The van der Waals surface area contributed by atoms with Crippen molar-refractivity contribution in [1.29, 1.82) is 0 Å². The number of halogens is 1. The van der Waals surface area contributed by atoms with Crippen molar-refractivity contribution < 1.29 is 14.0 Å². The lowest BCUT2D eigenvalue weighted by atomic mass is 10.0. The van der Waals surface area contributed by atoms with Crippen LogP contribution in [0.15, 0.2) is 90.6 Å². The Labute approximate surface area is 214 Å². The zero-order valence-electron chi connectivity index (χ0n) is 19.7. The number of anilines is 1. The monoisotopic (exact) mass is 497 g/mol. The molecule has 2 amide bonds. The van der Waals surface area contributed by atoms with Gasteiger partial charge in [0.2, 0.25) is 0 Å². The van der Waals surface area contributed by atoms with Crippen LogP contribution in [0.5, 0.6) is 0 Å². The lowest BCUT2D eigenvalue weighted by molar-refractivity contribution is -0.127. The Balaban J connectivity index is 1.60. The van der Waals surface area contributed by atoms with E-state index in [2.05, 4.69) is 0 Å². The van der Waals surface area contributed by atoms with Crippen LogP contribution in [-0.2, 0) is 16.1 Å². The first-order chi connectivity index (χ1) is 17.5. The Kier molecular flexibility index (Phi) is 6.48. The van der Waals surface area contributed by atoms with Gasteiger partial charge in [0, 0.05) is 35.8 Å². The topological polar surface area (TPSA) is 45.6 Å². The summed E-state index contributed by atoms with van der Waals surface area (Å²) in [6, 6.07) is 23.3. The zero-order chi connectivity index (χ0) is 25.2. The van der Waals surface area contributed by atoms with Crippen molar-refractivity contribution >= 4 is 51.8 Å². The molecule has 4 aromatic rings. The molecule has 36 heavy (non-hydrogen) atoms. The molecule has 0 N–H and O–H groups in total. The highest BCUT2D eigenvalue weighted by atomic mass is 32.1. The second-order valence-corrected chi connectivity index (χ2v) is 8.99. The summed E-state index contributed by atoms with van der Waals surface area (Å²) in [5.74, 6) is -1.12. The summed E-state index contributed by atoms with van der Waals surface area (Å²) in [6.07, 6.45) is 4.28. The number of hydrogen-bond donors (Lipinski definition) is 0. The average molecular weight is 498 g/mol. The lowest BCUT2D eigenvalue weighted by Crippen LogP contribution is -2.56. The summed E-state index contributed by atoms with van der Waals surface area (Å²) in [6.45, 7) is 2.90. The SMILES string of the molecule is CCCN1C(=O)/C(=C\c2cn(Cc3ccc(F)cc3)c3ccccc23)C(=O)N(c2ccccc2)C1=S. The standard InChI is InChI=1S/C29H24FN3O2S/c1-2-16-32-27(34)25(28(35)33(29(32)36)23-8-4-3-5-9-23)17-21-19-31(26-11-7-6-10-24(21)26)18-20-12-14-22(30)15-13-20/h3-15,17,19H,2,16,18H2,1H3/b25-17+. The largest absolute Gasteiger partial charge is 0.342 e. The van der Waals surface area contributed by atoms with E-state index in [-0.39, 0.29) is 16.5 Å². The average Bonchev–Trinajstić information content (AvgIpc) is 3.23. The number of para-hydroxylation sites is 2. The van der Waals surface area contributed by atoms with Gasteiger partial charge in [0.1, 0.15) is 11.4 Å². The third-order valence-corrected chi connectivity index (χ3v) is 6.58. The Bertz CT molecular complexity index is 1490. The summed E-state index contributed by atoms with van der Waals surface area (Å²) in [7, 11) is 0. The molecule has 1 aromatic heterocycles. The molecule has 3 aromatic carbocycles. The van der Waals surface area contributed by atoms with E-state index in [1.165, 1.54) is 21.9 Å². The molecule has 0 radical (unpaired) electrons. The van der Waals surface area contributed by atoms with E-state index in [1.54, 1.807) is 30.3 Å². The maximum atomic E-state index is 13.6. The number of carbonyl (C=O) groups is 2.